The molecule has 0 aromatic heterocycles. The lowest BCUT2D eigenvalue weighted by molar-refractivity contribution is -0.160. The van der Waals surface area contributed by atoms with Crippen molar-refractivity contribution < 1.29 is 106 Å². The van der Waals surface area contributed by atoms with Crippen LogP contribution in [-0.2, 0) is 62.2 Å². The number of nitrogens with two attached hydrogens (primary N) is 1. The molecule has 3 heterocycles. The number of carbonyl (C=O) groups is 14. The van der Waals surface area contributed by atoms with Crippen LogP contribution in [0.15, 0.2) is 249 Å². The number of ketones is 4. The zero-order valence-electron chi connectivity index (χ0n) is 80.1. The quantitative estimate of drug-likeness (QED) is 0.00591. The Morgan fingerprint density at radius 2 is 0.774 bits per heavy atom. The molecule has 25 heteroatoms. The predicted octanol–water partition coefficient (Wildman–Crippen LogP) is 18.0. The molecule has 3 amide bonds. The number of aliphatic carboxylic acids is 2. The summed E-state index contributed by atoms with van der Waals surface area (Å²) in [6.07, 6.45) is -0.359. The number of esters is 5. The second-order valence-corrected chi connectivity index (χ2v) is 36.7. The van der Waals surface area contributed by atoms with Gasteiger partial charge in [0.05, 0.1) is 78.6 Å². The molecule has 6 N–H and O–H groups in total. The summed E-state index contributed by atoms with van der Waals surface area (Å²) < 4.78 is 27.1. The SMILES string of the molecule is CC(C)CN.CCC(c1ccccc1)C(C(=O)OCCOc1ccc(C(=O)CC(=O)c2ccc(C)cc2)cc1)C(CC(c1ccccc1)C1C(=O)N(CC(C)C)C(=O)C1CC(c1ccccc1)C(C(=O)NCC(C)C)C(CC(c1ccccc1)C1C(=O)OC(=O)C1C)C(=O)O)C(=O)O.CCC(c1ccccc1)C1C(=O)OC(=O)C1C.Cc1ccc(C(=O)CC(=O)c2ccc(OCCO)cc2)cc1. The minimum absolute atomic E-state index is 0.0194. The number of likely N-dealkylation sites (tertiary alicyclic amines) is 1. The highest BCUT2D eigenvalue weighted by Crippen LogP contribution is 2.52. The van der Waals surface area contributed by atoms with Gasteiger partial charge in [0.1, 0.15) is 31.3 Å². The number of Topliss-reactive ketones (excluding diaryl/α,β-unsaturated/α-hetero) is 4. The van der Waals surface area contributed by atoms with Gasteiger partial charge in [-0.25, -0.2) is 0 Å². The predicted molar refractivity (Wildman–Crippen MR) is 518 cm³/mol. The normalized spacial score (nSPS) is 18.1. The number of imide groups is 1. The highest BCUT2D eigenvalue weighted by atomic mass is 16.6. The number of hydrogen-bond acceptors (Lipinski definition) is 21. The van der Waals surface area contributed by atoms with Gasteiger partial charge >= 0.3 is 41.8 Å². The molecule has 3 aliphatic heterocycles. The lowest BCUT2D eigenvalue weighted by Gasteiger charge is -2.37. The van der Waals surface area contributed by atoms with E-state index >= 15 is 19.2 Å². The van der Waals surface area contributed by atoms with Gasteiger partial charge in [0, 0.05) is 35.3 Å². The smallest absolute Gasteiger partial charge is 0.318 e. The van der Waals surface area contributed by atoms with E-state index in [1.54, 1.807) is 208 Å². The molecule has 137 heavy (non-hydrogen) atoms. The molecule has 0 spiro atoms. The summed E-state index contributed by atoms with van der Waals surface area (Å²) in [5.74, 6) is -22.9. The standard InChI is InChI=1S/C76H84N2O15.C18H18O4.C14H16O3.C4H11N/c1-8-56(49-21-13-9-14-22-49)68(75(89)92-38-37-91-55-35-33-54(34-36-55)64(80)42-63(79)53-31-29-47(6)30-32-53)62(73(86)87)41-59(52-27-19-12-20-28-52)67-60(70(82)78(71(67)83)44-46(4)5)39-58(51-25-17-11-18-26-51)66(69(81)77-43-45(2)3)61(72(84)85)40-57(50-23-15-10-16-24-50)65-48(7)74(88)93-76(65)90;1-13-2-4-14(5-3-13)17(20)12-18(21)15-6-8-16(9-7-15)22-11-10-19;1-3-11(10-7-5-4-6-8-10)12-9(2)13(15)17-14(12)16;1-4(2)3-5/h9-36,45-46,48,56-62,65-68H,8,37-44H2,1-7H3,(H,77,81)(H,84,85)(H,86,87);2-9,19H,10-12H2,1H3;4-9,11-12H,3H2,1-2H3;4H,3,5H2,1-2H3. The van der Waals surface area contributed by atoms with Crippen LogP contribution in [-0.4, -0.2) is 149 Å². The maximum absolute atomic E-state index is 15.7. The lowest BCUT2D eigenvalue weighted by Crippen LogP contribution is -2.44. The molecule has 15 atom stereocenters. The Bertz CT molecular complexity index is 5520. The minimum Gasteiger partial charge on any atom is -0.491 e. The second-order valence-electron chi connectivity index (χ2n) is 36.7. The van der Waals surface area contributed by atoms with Crippen molar-refractivity contribution >= 4 is 82.6 Å². The first-order valence-electron chi connectivity index (χ1n) is 47.1. The van der Waals surface area contributed by atoms with Gasteiger partial charge in [-0.05, 0) is 176 Å². The fourth-order valence-corrected chi connectivity index (χ4v) is 18.2. The van der Waals surface area contributed by atoms with E-state index in [-0.39, 0.29) is 137 Å². The molecule has 724 valence electrons. The summed E-state index contributed by atoms with van der Waals surface area (Å²) in [7, 11) is 0. The molecular weight excluding hydrogens is 1740 g/mol. The van der Waals surface area contributed by atoms with Crippen LogP contribution >= 0.6 is 0 Å². The second kappa shape index (κ2) is 52.5. The molecule has 0 saturated carbocycles. The van der Waals surface area contributed by atoms with E-state index in [0.717, 1.165) is 29.7 Å². The monoisotopic (exact) mass is 1870 g/mol. The molecule has 9 aromatic rings. The third-order valence-corrected chi connectivity index (χ3v) is 25.5. The number of carboxylic acids is 2. The van der Waals surface area contributed by atoms with Crippen LogP contribution in [0, 0.1) is 90.8 Å². The van der Waals surface area contributed by atoms with Crippen molar-refractivity contribution in [1.82, 2.24) is 10.2 Å². The maximum atomic E-state index is 15.7. The molecule has 3 fully saturated rings. The summed E-state index contributed by atoms with van der Waals surface area (Å²) in [5.41, 5.74) is 12.2. The summed E-state index contributed by atoms with van der Waals surface area (Å²) >= 11 is 0. The van der Waals surface area contributed by atoms with Crippen LogP contribution in [0.2, 0.25) is 0 Å². The van der Waals surface area contributed by atoms with Gasteiger partial charge in [0.25, 0.3) is 0 Å². The van der Waals surface area contributed by atoms with Crippen LogP contribution in [0.1, 0.15) is 224 Å². The van der Waals surface area contributed by atoms with Gasteiger partial charge < -0.3 is 50.1 Å². The van der Waals surface area contributed by atoms with Crippen LogP contribution in [0.3, 0.4) is 0 Å². The average Bonchev–Trinajstić information content (AvgIpc) is 1.61. The van der Waals surface area contributed by atoms with E-state index in [2.05, 4.69) is 19.2 Å². The minimum atomic E-state index is -1.59. The van der Waals surface area contributed by atoms with E-state index in [0.29, 0.717) is 61.9 Å². The zero-order chi connectivity index (χ0) is 99.7. The number of rotatable bonds is 44. The van der Waals surface area contributed by atoms with Gasteiger partial charge in [-0.15, -0.1) is 0 Å². The Kier molecular flexibility index (Phi) is 41.1. The number of aliphatic hydroxyl groups excluding tert-OH is 1. The number of amides is 3. The molecule has 12 rings (SSSR count). The lowest BCUT2D eigenvalue weighted by atomic mass is 9.64. The van der Waals surface area contributed by atoms with Crippen LogP contribution < -0.4 is 20.5 Å². The number of aryl methyl sites for hydroxylation is 2. The van der Waals surface area contributed by atoms with Gasteiger partial charge in [0.2, 0.25) is 17.7 Å². The molecule has 3 saturated heterocycles. The molecule has 3 aliphatic rings. The Hall–Kier alpha value is -13.5. The summed E-state index contributed by atoms with van der Waals surface area (Å²) in [6, 6.07) is 71.8. The van der Waals surface area contributed by atoms with Crippen LogP contribution in [0.25, 0.3) is 0 Å². The number of benzene rings is 9. The Morgan fingerprint density at radius 1 is 0.416 bits per heavy atom. The molecule has 9 aromatic carbocycles. The number of ether oxygens (including phenoxy) is 5. The highest BCUT2D eigenvalue weighted by molar-refractivity contribution is 6.14. The first kappa shape index (κ1) is 107. The summed E-state index contributed by atoms with van der Waals surface area (Å²) in [5, 5.41) is 35.0. The maximum Gasteiger partial charge on any atom is 0.318 e. The van der Waals surface area contributed by atoms with Crippen LogP contribution in [0.4, 0.5) is 0 Å². The fraction of sp³-hybridized carbons (Fsp3) is 0.393. The highest BCUT2D eigenvalue weighted by Gasteiger charge is 2.57. The van der Waals surface area contributed by atoms with Gasteiger partial charge in [-0.2, -0.15) is 0 Å². The third kappa shape index (κ3) is 29.7. The molecule has 25 nitrogen and oxygen atoms in total. The first-order chi connectivity index (χ1) is 65.6. The van der Waals surface area contributed by atoms with Crippen molar-refractivity contribution in [2.45, 2.75) is 158 Å². The van der Waals surface area contributed by atoms with Crippen LogP contribution in [0.5, 0.6) is 11.5 Å². The number of nitrogens with zero attached hydrogens (tertiary/aromatic N) is 1. The number of carbonyl (C=O) groups excluding carboxylic acids is 12. The molecule has 0 radical (unpaired) electrons. The number of nitrogens with one attached hydrogen (secondary N) is 1. The van der Waals surface area contributed by atoms with Crippen molar-refractivity contribution in [3.8, 4) is 11.5 Å². The topological polar surface area (TPSA) is 387 Å². The number of carboxylic acid groups (broad SMARTS) is 2. The van der Waals surface area contributed by atoms with E-state index in [4.69, 9.17) is 34.5 Å². The third-order valence-electron chi connectivity index (χ3n) is 25.5. The van der Waals surface area contributed by atoms with E-state index in [1.165, 1.54) is 17.0 Å². The average molecular weight is 1870 g/mol. The number of cyclic esters (lactones) is 4. The zero-order valence-corrected chi connectivity index (χ0v) is 80.1. The molecule has 15 unspecified atom stereocenters. The largest absolute Gasteiger partial charge is 0.491 e. The molecule has 0 bridgehead atoms. The van der Waals surface area contributed by atoms with E-state index < -0.39 is 125 Å². The van der Waals surface area contributed by atoms with Crippen molar-refractivity contribution in [2.75, 3.05) is 46.1 Å². The van der Waals surface area contributed by atoms with Gasteiger partial charge in [-0.3, -0.25) is 72.0 Å². The Morgan fingerprint density at radius 3 is 1.12 bits per heavy atom. The van der Waals surface area contributed by atoms with Crippen molar-refractivity contribution in [3.05, 3.63) is 310 Å². The van der Waals surface area contributed by atoms with Crippen molar-refractivity contribution in [3.63, 3.8) is 0 Å². The molecular formula is C112H129N3O22. The van der Waals surface area contributed by atoms with Gasteiger partial charge in [0.15, 0.2) is 23.1 Å². The number of aliphatic hydroxyl groups is 1. The van der Waals surface area contributed by atoms with E-state index in [1.807, 2.05) is 97.9 Å². The van der Waals surface area contributed by atoms with Crippen molar-refractivity contribution in [2.24, 2.45) is 82.7 Å². The van der Waals surface area contributed by atoms with Gasteiger partial charge in [-0.1, -0.05) is 281 Å². The Balaban J connectivity index is 0.000000385. The molecule has 0 aliphatic carbocycles. The van der Waals surface area contributed by atoms with E-state index in [9.17, 15) is 58.2 Å². The fourth-order valence-electron chi connectivity index (χ4n) is 18.2. The Labute approximate surface area is 802 Å². The first-order valence-corrected chi connectivity index (χ1v) is 47.1. The summed E-state index contributed by atoms with van der Waals surface area (Å²) in [6.45, 7) is 23.3. The van der Waals surface area contributed by atoms with Crippen molar-refractivity contribution in [1.29, 1.82) is 0 Å². The number of hydrogen-bond donors (Lipinski definition) is 5. The summed E-state index contributed by atoms with van der Waals surface area (Å²) in [4.78, 5) is 192.